The molecule has 0 radical (unpaired) electrons. The second kappa shape index (κ2) is 6.13. The zero-order valence-corrected chi connectivity index (χ0v) is 12.3. The number of hydrazine groups is 1. The van der Waals surface area contributed by atoms with E-state index in [2.05, 4.69) is 20.7 Å². The molecule has 1 heterocycles. The van der Waals surface area contributed by atoms with Crippen molar-refractivity contribution < 1.29 is 4.79 Å². The molecule has 0 saturated heterocycles. The molecule has 0 saturated carbocycles. The third-order valence-electron chi connectivity index (χ3n) is 2.66. The standard InChI is InChI=1S/C12H11Cl2N5O2/c1-5-9(10(19-15)18-12(21)16-5)11(20)17-6-2-3-7(13)8(14)4-6/h2-4H,15H2,1H3,(H,17,20)(H2,16,18,19,21). The molecule has 0 aliphatic carbocycles. The first-order valence-electron chi connectivity index (χ1n) is 5.76. The molecule has 0 bridgehead atoms. The van der Waals surface area contributed by atoms with Gasteiger partial charge in [0.15, 0.2) is 5.82 Å². The highest BCUT2D eigenvalue weighted by Crippen LogP contribution is 2.25. The number of anilines is 2. The minimum atomic E-state index is -0.605. The molecule has 7 nitrogen and oxygen atoms in total. The first-order valence-corrected chi connectivity index (χ1v) is 6.52. The van der Waals surface area contributed by atoms with E-state index in [4.69, 9.17) is 29.0 Å². The Balaban J connectivity index is 2.36. The summed E-state index contributed by atoms with van der Waals surface area (Å²) in [5.74, 6) is 4.76. The van der Waals surface area contributed by atoms with E-state index in [0.29, 0.717) is 21.4 Å². The summed E-state index contributed by atoms with van der Waals surface area (Å²) in [7, 11) is 0. The number of rotatable bonds is 3. The van der Waals surface area contributed by atoms with Gasteiger partial charge >= 0.3 is 5.69 Å². The van der Waals surface area contributed by atoms with Gasteiger partial charge in [0.25, 0.3) is 5.91 Å². The Kier molecular flexibility index (Phi) is 4.46. The number of carbonyl (C=O) groups is 1. The van der Waals surface area contributed by atoms with Crippen molar-refractivity contribution in [3.8, 4) is 0 Å². The summed E-state index contributed by atoms with van der Waals surface area (Å²) in [5.41, 5.74) is 2.53. The predicted molar refractivity (Wildman–Crippen MR) is 81.8 cm³/mol. The van der Waals surface area contributed by atoms with Gasteiger partial charge in [-0.15, -0.1) is 0 Å². The van der Waals surface area contributed by atoms with Gasteiger partial charge in [-0.2, -0.15) is 4.98 Å². The number of aromatic nitrogens is 2. The number of aryl methyl sites for hydroxylation is 1. The van der Waals surface area contributed by atoms with E-state index in [1.807, 2.05) is 0 Å². The Morgan fingerprint density at radius 1 is 1.33 bits per heavy atom. The Hall–Kier alpha value is -2.09. The van der Waals surface area contributed by atoms with Gasteiger partial charge in [-0.25, -0.2) is 10.6 Å². The molecule has 0 spiro atoms. The maximum absolute atomic E-state index is 12.3. The maximum atomic E-state index is 12.3. The molecule has 0 unspecified atom stereocenters. The molecular formula is C12H11Cl2N5O2. The SMILES string of the molecule is Cc1[nH]c(=O)nc(NN)c1C(=O)Nc1ccc(Cl)c(Cl)c1. The summed E-state index contributed by atoms with van der Waals surface area (Å²) in [5, 5.41) is 3.31. The number of hydrogen-bond donors (Lipinski definition) is 4. The van der Waals surface area contributed by atoms with E-state index in [9.17, 15) is 9.59 Å². The Morgan fingerprint density at radius 2 is 2.05 bits per heavy atom. The average Bonchev–Trinajstić information content (AvgIpc) is 2.41. The van der Waals surface area contributed by atoms with E-state index in [1.165, 1.54) is 6.07 Å². The highest BCUT2D eigenvalue weighted by molar-refractivity contribution is 6.42. The molecule has 1 aromatic heterocycles. The van der Waals surface area contributed by atoms with Crippen molar-refractivity contribution in [1.29, 1.82) is 0 Å². The van der Waals surface area contributed by atoms with Gasteiger partial charge in [0.05, 0.1) is 10.0 Å². The van der Waals surface area contributed by atoms with Crippen molar-refractivity contribution in [2.24, 2.45) is 5.84 Å². The summed E-state index contributed by atoms with van der Waals surface area (Å²) in [4.78, 5) is 29.6. The van der Waals surface area contributed by atoms with Crippen LogP contribution in [0.5, 0.6) is 0 Å². The van der Waals surface area contributed by atoms with Crippen molar-refractivity contribution >= 4 is 40.6 Å². The number of aromatic amines is 1. The number of H-pyrrole nitrogens is 1. The molecule has 0 aliphatic rings. The number of amides is 1. The molecule has 0 aliphatic heterocycles. The minimum Gasteiger partial charge on any atom is -0.322 e. The average molecular weight is 328 g/mol. The predicted octanol–water partition coefficient (Wildman–Crippen LogP) is 1.92. The molecule has 2 rings (SSSR count). The number of carbonyl (C=O) groups excluding carboxylic acids is 1. The number of nitrogen functional groups attached to an aromatic ring is 1. The maximum Gasteiger partial charge on any atom is 0.347 e. The van der Waals surface area contributed by atoms with Gasteiger partial charge in [0, 0.05) is 11.4 Å². The molecule has 2 aromatic rings. The highest BCUT2D eigenvalue weighted by atomic mass is 35.5. The van der Waals surface area contributed by atoms with Crippen LogP contribution in [0.2, 0.25) is 10.0 Å². The lowest BCUT2D eigenvalue weighted by Gasteiger charge is -2.11. The minimum absolute atomic E-state index is 0.0196. The topological polar surface area (TPSA) is 113 Å². The van der Waals surface area contributed by atoms with Crippen LogP contribution in [0.4, 0.5) is 11.5 Å². The number of benzene rings is 1. The van der Waals surface area contributed by atoms with Gasteiger partial charge in [-0.05, 0) is 25.1 Å². The summed E-state index contributed by atoms with van der Waals surface area (Å²) >= 11 is 11.7. The van der Waals surface area contributed by atoms with Crippen LogP contribution in [-0.4, -0.2) is 15.9 Å². The first-order chi connectivity index (χ1) is 9.92. The Morgan fingerprint density at radius 3 is 2.67 bits per heavy atom. The fourth-order valence-corrected chi connectivity index (χ4v) is 2.03. The lowest BCUT2D eigenvalue weighted by atomic mass is 10.2. The second-order valence-corrected chi connectivity index (χ2v) is 4.93. The van der Waals surface area contributed by atoms with Gasteiger partial charge in [0.2, 0.25) is 0 Å². The van der Waals surface area contributed by atoms with E-state index in [1.54, 1.807) is 19.1 Å². The highest BCUT2D eigenvalue weighted by Gasteiger charge is 2.17. The van der Waals surface area contributed by atoms with Gasteiger partial charge in [-0.3, -0.25) is 4.79 Å². The van der Waals surface area contributed by atoms with Crippen LogP contribution in [-0.2, 0) is 0 Å². The quantitative estimate of drug-likeness (QED) is 0.508. The molecule has 0 atom stereocenters. The van der Waals surface area contributed by atoms with Crippen molar-refractivity contribution in [2.45, 2.75) is 6.92 Å². The van der Waals surface area contributed by atoms with E-state index in [-0.39, 0.29) is 11.4 Å². The Labute approximate surface area is 129 Å². The van der Waals surface area contributed by atoms with E-state index in [0.717, 1.165) is 0 Å². The lowest BCUT2D eigenvalue weighted by molar-refractivity contribution is 0.102. The lowest BCUT2D eigenvalue weighted by Crippen LogP contribution is -2.25. The van der Waals surface area contributed by atoms with Gasteiger partial charge < -0.3 is 15.7 Å². The summed E-state index contributed by atoms with van der Waals surface area (Å²) in [6, 6.07) is 4.65. The van der Waals surface area contributed by atoms with Crippen LogP contribution in [0.15, 0.2) is 23.0 Å². The molecule has 21 heavy (non-hydrogen) atoms. The monoisotopic (exact) mass is 327 g/mol. The third kappa shape index (κ3) is 3.33. The van der Waals surface area contributed by atoms with Crippen molar-refractivity contribution in [1.82, 2.24) is 9.97 Å². The smallest absolute Gasteiger partial charge is 0.322 e. The molecule has 0 fully saturated rings. The number of hydrogen-bond acceptors (Lipinski definition) is 5. The zero-order valence-electron chi connectivity index (χ0n) is 10.8. The zero-order chi connectivity index (χ0) is 15.6. The normalized spacial score (nSPS) is 10.3. The van der Waals surface area contributed by atoms with Gasteiger partial charge in [0.1, 0.15) is 5.56 Å². The first kappa shape index (κ1) is 15.3. The van der Waals surface area contributed by atoms with E-state index < -0.39 is 11.6 Å². The van der Waals surface area contributed by atoms with Gasteiger partial charge in [-0.1, -0.05) is 23.2 Å². The van der Waals surface area contributed by atoms with Crippen LogP contribution >= 0.6 is 23.2 Å². The van der Waals surface area contributed by atoms with Crippen molar-refractivity contribution in [2.75, 3.05) is 10.7 Å². The number of halogens is 2. The molecular weight excluding hydrogens is 317 g/mol. The molecule has 5 N–H and O–H groups in total. The molecule has 110 valence electrons. The van der Waals surface area contributed by atoms with Crippen molar-refractivity contribution in [3.05, 3.63) is 50.0 Å². The Bertz CT molecular complexity index is 760. The molecule has 1 amide bonds. The number of nitrogens with one attached hydrogen (secondary N) is 3. The second-order valence-electron chi connectivity index (χ2n) is 4.12. The third-order valence-corrected chi connectivity index (χ3v) is 3.40. The van der Waals surface area contributed by atoms with Crippen LogP contribution in [0.1, 0.15) is 16.1 Å². The van der Waals surface area contributed by atoms with Crippen LogP contribution in [0, 0.1) is 6.92 Å². The number of nitrogens with two attached hydrogens (primary N) is 1. The van der Waals surface area contributed by atoms with E-state index >= 15 is 0 Å². The van der Waals surface area contributed by atoms with Crippen molar-refractivity contribution in [3.63, 3.8) is 0 Å². The van der Waals surface area contributed by atoms with Crippen LogP contribution in [0.3, 0.4) is 0 Å². The van der Waals surface area contributed by atoms with Crippen LogP contribution in [0.25, 0.3) is 0 Å². The fraction of sp³-hybridized carbons (Fsp3) is 0.0833. The molecule has 1 aromatic carbocycles. The van der Waals surface area contributed by atoms with Crippen LogP contribution < -0.4 is 22.3 Å². The summed E-state index contributed by atoms with van der Waals surface area (Å²) in [6.45, 7) is 1.56. The molecule has 9 heteroatoms. The summed E-state index contributed by atoms with van der Waals surface area (Å²) in [6.07, 6.45) is 0. The largest absolute Gasteiger partial charge is 0.347 e. The summed E-state index contributed by atoms with van der Waals surface area (Å²) < 4.78 is 0. The number of nitrogens with zero attached hydrogens (tertiary/aromatic N) is 1. The fourth-order valence-electron chi connectivity index (χ4n) is 1.74.